The molecule has 7 heteroatoms. The molecule has 1 aromatic rings. The molecule has 0 bridgehead atoms. The molecule has 1 aliphatic heterocycles. The van der Waals surface area contributed by atoms with Crippen molar-refractivity contribution in [3.05, 3.63) is 11.7 Å². The van der Waals surface area contributed by atoms with Gasteiger partial charge in [-0.25, -0.2) is 12.7 Å². The van der Waals surface area contributed by atoms with Crippen LogP contribution in [0.15, 0.2) is 4.52 Å². The maximum absolute atomic E-state index is 11.7. The minimum atomic E-state index is -3.14. The highest BCUT2D eigenvalue weighted by molar-refractivity contribution is 7.88. The predicted molar refractivity (Wildman–Crippen MR) is 64.5 cm³/mol. The standard InChI is InChI=1S/C11H17N3O3S/c1-8-12-10(13-17-8)11-5-3-4-9(11)6-14(7-11)18(2,15)16/h9H,3-7H2,1-2H3/t9-,11-/m1/s1. The van der Waals surface area contributed by atoms with Crippen molar-refractivity contribution < 1.29 is 12.9 Å². The van der Waals surface area contributed by atoms with Crippen LogP contribution in [-0.2, 0) is 15.4 Å². The van der Waals surface area contributed by atoms with E-state index in [9.17, 15) is 8.42 Å². The lowest BCUT2D eigenvalue weighted by Crippen LogP contribution is -2.35. The molecule has 2 aliphatic rings. The van der Waals surface area contributed by atoms with Crippen LogP contribution in [0.1, 0.15) is 31.0 Å². The van der Waals surface area contributed by atoms with E-state index in [1.165, 1.54) is 6.26 Å². The highest BCUT2D eigenvalue weighted by Crippen LogP contribution is 2.49. The lowest BCUT2D eigenvalue weighted by Gasteiger charge is -2.24. The smallest absolute Gasteiger partial charge is 0.223 e. The summed E-state index contributed by atoms with van der Waals surface area (Å²) in [5.41, 5.74) is -0.221. The Morgan fingerprint density at radius 3 is 2.89 bits per heavy atom. The van der Waals surface area contributed by atoms with E-state index in [1.54, 1.807) is 11.2 Å². The fourth-order valence-corrected chi connectivity index (χ4v) is 4.28. The number of hydrogen-bond acceptors (Lipinski definition) is 5. The van der Waals surface area contributed by atoms with Crippen molar-refractivity contribution in [1.29, 1.82) is 0 Å². The van der Waals surface area contributed by atoms with E-state index in [2.05, 4.69) is 10.1 Å². The van der Waals surface area contributed by atoms with Gasteiger partial charge in [-0.2, -0.15) is 4.98 Å². The number of sulfonamides is 1. The van der Waals surface area contributed by atoms with Crippen molar-refractivity contribution in [1.82, 2.24) is 14.4 Å². The van der Waals surface area contributed by atoms with Crippen LogP contribution in [0, 0.1) is 12.8 Å². The van der Waals surface area contributed by atoms with Gasteiger partial charge in [0.15, 0.2) is 5.82 Å². The number of aromatic nitrogens is 2. The Kier molecular flexibility index (Phi) is 2.54. The Labute approximate surface area is 106 Å². The number of aryl methyl sites for hydroxylation is 1. The molecule has 0 spiro atoms. The summed E-state index contributed by atoms with van der Waals surface area (Å²) in [4.78, 5) is 4.34. The second-order valence-corrected chi connectivity index (χ2v) is 7.42. The van der Waals surface area contributed by atoms with Crippen LogP contribution < -0.4 is 0 Å². The van der Waals surface area contributed by atoms with Crippen molar-refractivity contribution >= 4 is 10.0 Å². The van der Waals surface area contributed by atoms with E-state index in [1.807, 2.05) is 0 Å². The zero-order chi connectivity index (χ0) is 13.0. The molecule has 2 heterocycles. The topological polar surface area (TPSA) is 76.3 Å². The van der Waals surface area contributed by atoms with Gasteiger partial charge in [0, 0.05) is 20.0 Å². The van der Waals surface area contributed by atoms with Crippen molar-refractivity contribution in [3.8, 4) is 0 Å². The molecule has 100 valence electrons. The first kappa shape index (κ1) is 12.1. The van der Waals surface area contributed by atoms with E-state index >= 15 is 0 Å². The summed E-state index contributed by atoms with van der Waals surface area (Å²) in [6, 6.07) is 0. The van der Waals surface area contributed by atoms with Crippen LogP contribution in [0.4, 0.5) is 0 Å². The van der Waals surface area contributed by atoms with Gasteiger partial charge in [0.1, 0.15) is 0 Å². The molecular formula is C11H17N3O3S. The average molecular weight is 271 g/mol. The van der Waals surface area contributed by atoms with Gasteiger partial charge in [0.05, 0.1) is 11.7 Å². The van der Waals surface area contributed by atoms with Crippen LogP contribution in [-0.4, -0.2) is 42.2 Å². The molecule has 0 amide bonds. The van der Waals surface area contributed by atoms with Crippen molar-refractivity contribution in [2.24, 2.45) is 5.92 Å². The summed E-state index contributed by atoms with van der Waals surface area (Å²) in [5, 5.41) is 4.04. The molecule has 1 saturated heterocycles. The van der Waals surface area contributed by atoms with Crippen molar-refractivity contribution in [2.75, 3.05) is 19.3 Å². The normalized spacial score (nSPS) is 32.9. The Morgan fingerprint density at radius 2 is 2.28 bits per heavy atom. The highest BCUT2D eigenvalue weighted by Gasteiger charge is 2.55. The lowest BCUT2D eigenvalue weighted by atomic mass is 9.80. The number of fused-ring (bicyclic) bond motifs is 1. The molecule has 6 nitrogen and oxygen atoms in total. The van der Waals surface area contributed by atoms with Gasteiger partial charge in [-0.15, -0.1) is 0 Å². The molecule has 1 aromatic heterocycles. The summed E-state index contributed by atoms with van der Waals surface area (Å²) in [6.07, 6.45) is 4.36. The summed E-state index contributed by atoms with van der Waals surface area (Å²) in [7, 11) is -3.14. The van der Waals surface area contributed by atoms with Crippen LogP contribution in [0.5, 0.6) is 0 Å². The molecule has 2 atom stereocenters. The van der Waals surface area contributed by atoms with E-state index in [-0.39, 0.29) is 5.41 Å². The zero-order valence-electron chi connectivity index (χ0n) is 10.6. The van der Waals surface area contributed by atoms with E-state index < -0.39 is 10.0 Å². The van der Waals surface area contributed by atoms with Crippen LogP contribution in [0.25, 0.3) is 0 Å². The monoisotopic (exact) mass is 271 g/mol. The van der Waals surface area contributed by atoms with Crippen LogP contribution in [0.3, 0.4) is 0 Å². The number of rotatable bonds is 2. The molecule has 18 heavy (non-hydrogen) atoms. The molecule has 0 unspecified atom stereocenters. The first-order valence-electron chi connectivity index (χ1n) is 6.18. The van der Waals surface area contributed by atoms with Gasteiger partial charge >= 0.3 is 0 Å². The van der Waals surface area contributed by atoms with Crippen LogP contribution in [0.2, 0.25) is 0 Å². The SMILES string of the molecule is Cc1nc([C@@]23CCC[C@@H]2CN(S(C)(=O)=O)C3)no1. The quantitative estimate of drug-likeness (QED) is 0.791. The van der Waals surface area contributed by atoms with E-state index in [4.69, 9.17) is 4.52 Å². The average Bonchev–Trinajstić information content (AvgIpc) is 2.86. The van der Waals surface area contributed by atoms with Gasteiger partial charge in [-0.05, 0) is 18.8 Å². The number of hydrogen-bond donors (Lipinski definition) is 0. The Morgan fingerprint density at radius 1 is 1.50 bits per heavy atom. The Bertz CT molecular complexity index is 568. The predicted octanol–water partition coefficient (Wildman–Crippen LogP) is 0.691. The van der Waals surface area contributed by atoms with E-state index in [0.717, 1.165) is 19.3 Å². The first-order valence-corrected chi connectivity index (χ1v) is 8.02. The minimum Gasteiger partial charge on any atom is -0.340 e. The molecule has 0 radical (unpaired) electrons. The Balaban J connectivity index is 1.99. The molecule has 2 fully saturated rings. The van der Waals surface area contributed by atoms with E-state index in [0.29, 0.717) is 30.7 Å². The number of nitrogens with zero attached hydrogens (tertiary/aromatic N) is 3. The maximum Gasteiger partial charge on any atom is 0.223 e. The van der Waals surface area contributed by atoms with Gasteiger partial charge < -0.3 is 4.52 Å². The van der Waals surface area contributed by atoms with Crippen LogP contribution >= 0.6 is 0 Å². The molecule has 0 aromatic carbocycles. The largest absolute Gasteiger partial charge is 0.340 e. The fourth-order valence-electron chi connectivity index (χ4n) is 3.36. The summed E-state index contributed by atoms with van der Waals surface area (Å²) < 4.78 is 30.0. The molecule has 3 rings (SSSR count). The third kappa shape index (κ3) is 1.68. The summed E-state index contributed by atoms with van der Waals surface area (Å²) in [6.45, 7) is 2.85. The van der Waals surface area contributed by atoms with Gasteiger partial charge in [0.25, 0.3) is 0 Å². The van der Waals surface area contributed by atoms with Crippen molar-refractivity contribution in [3.63, 3.8) is 0 Å². The summed E-state index contributed by atoms with van der Waals surface area (Å²) in [5.74, 6) is 1.56. The maximum atomic E-state index is 11.7. The fraction of sp³-hybridized carbons (Fsp3) is 0.818. The third-order valence-electron chi connectivity index (χ3n) is 4.28. The highest BCUT2D eigenvalue weighted by atomic mass is 32.2. The van der Waals surface area contributed by atoms with Crippen molar-refractivity contribution in [2.45, 2.75) is 31.6 Å². The van der Waals surface area contributed by atoms with Gasteiger partial charge in [-0.3, -0.25) is 0 Å². The molecular weight excluding hydrogens is 254 g/mol. The molecule has 1 saturated carbocycles. The van der Waals surface area contributed by atoms with Gasteiger partial charge in [-0.1, -0.05) is 11.6 Å². The minimum absolute atomic E-state index is 0.221. The Hall–Kier alpha value is -0.950. The lowest BCUT2D eigenvalue weighted by molar-refractivity contribution is 0.332. The second-order valence-electron chi connectivity index (χ2n) is 5.44. The first-order chi connectivity index (χ1) is 8.42. The molecule has 1 aliphatic carbocycles. The third-order valence-corrected chi connectivity index (χ3v) is 5.50. The molecule has 0 N–H and O–H groups in total. The zero-order valence-corrected chi connectivity index (χ0v) is 11.4. The summed E-state index contributed by atoms with van der Waals surface area (Å²) >= 11 is 0. The second kappa shape index (κ2) is 3.77. The van der Waals surface area contributed by atoms with Gasteiger partial charge in [0.2, 0.25) is 15.9 Å².